The van der Waals surface area contributed by atoms with Crippen molar-refractivity contribution in [2.75, 3.05) is 0 Å². The number of hydrogen-bond acceptors (Lipinski definition) is 4. The fraction of sp³-hybridized carbons (Fsp3) is 0.524. The maximum Gasteiger partial charge on any atom is 0.211 e. The van der Waals surface area contributed by atoms with Crippen LogP contribution >= 0.6 is 0 Å². The zero-order valence-electron chi connectivity index (χ0n) is 15.6. The van der Waals surface area contributed by atoms with Crippen molar-refractivity contribution >= 4 is 11.6 Å². The molecule has 0 fully saturated rings. The van der Waals surface area contributed by atoms with E-state index in [2.05, 4.69) is 18.7 Å². The largest absolute Gasteiger partial charge is 0.290 e. The molecular formula is C21H29NO3. The summed E-state index contributed by atoms with van der Waals surface area (Å²) in [4.78, 5) is 36.1. The molecule has 2 aliphatic rings. The fourth-order valence-corrected chi connectivity index (χ4v) is 3.23. The van der Waals surface area contributed by atoms with E-state index >= 15 is 0 Å². The highest BCUT2D eigenvalue weighted by Gasteiger charge is 2.33. The summed E-state index contributed by atoms with van der Waals surface area (Å²) in [6.07, 6.45) is 11.4. The summed E-state index contributed by atoms with van der Waals surface area (Å²) < 4.78 is 0. The van der Waals surface area contributed by atoms with E-state index in [-0.39, 0.29) is 23.2 Å². The van der Waals surface area contributed by atoms with E-state index in [0.717, 1.165) is 38.5 Å². The molecule has 0 saturated heterocycles. The van der Waals surface area contributed by atoms with Gasteiger partial charge in [-0.05, 0) is 57.2 Å². The molecule has 1 unspecified atom stereocenters. The molecule has 0 spiro atoms. The minimum Gasteiger partial charge on any atom is -0.290 e. The zero-order valence-corrected chi connectivity index (χ0v) is 15.6. The summed E-state index contributed by atoms with van der Waals surface area (Å²) in [7, 11) is 0. The number of carbonyl (C=O) groups is 2. The van der Waals surface area contributed by atoms with Gasteiger partial charge >= 0.3 is 0 Å². The number of carbonyl (C=O) groups excluding carboxylic acids is 2. The summed E-state index contributed by atoms with van der Waals surface area (Å²) in [5, 5.41) is 2.93. The van der Waals surface area contributed by atoms with E-state index < -0.39 is 0 Å². The number of hydrogen-bond donors (Lipinski definition) is 0. The van der Waals surface area contributed by atoms with Gasteiger partial charge in [0, 0.05) is 17.1 Å². The molecule has 0 aromatic rings. The first-order chi connectivity index (χ1) is 12.0. The normalized spacial score (nSPS) is 20.4. The van der Waals surface area contributed by atoms with Gasteiger partial charge in [0.2, 0.25) is 5.78 Å². The second kappa shape index (κ2) is 10.7. The molecule has 0 radical (unpaired) electrons. The van der Waals surface area contributed by atoms with Crippen LogP contribution in [0.15, 0.2) is 52.4 Å². The first-order valence-corrected chi connectivity index (χ1v) is 9.11. The third kappa shape index (κ3) is 5.73. The van der Waals surface area contributed by atoms with Crippen LogP contribution in [0.5, 0.6) is 0 Å². The van der Waals surface area contributed by atoms with Gasteiger partial charge in [0.1, 0.15) is 0 Å². The first-order valence-electron chi connectivity index (χ1n) is 9.11. The Balaban J connectivity index is 0.000000970. The van der Waals surface area contributed by atoms with Crippen molar-refractivity contribution in [2.45, 2.75) is 65.7 Å². The van der Waals surface area contributed by atoms with Crippen LogP contribution in [0, 0.1) is 10.8 Å². The van der Waals surface area contributed by atoms with Crippen LogP contribution in [0.25, 0.3) is 0 Å². The van der Waals surface area contributed by atoms with Crippen molar-refractivity contribution in [3.63, 3.8) is 0 Å². The lowest BCUT2D eigenvalue weighted by Gasteiger charge is -2.24. The van der Waals surface area contributed by atoms with E-state index in [1.807, 2.05) is 19.9 Å². The third-order valence-corrected chi connectivity index (χ3v) is 4.42. The highest BCUT2D eigenvalue weighted by molar-refractivity contribution is 6.22. The van der Waals surface area contributed by atoms with Crippen molar-refractivity contribution in [3.05, 3.63) is 52.1 Å². The Kier molecular flexibility index (Phi) is 8.96. The lowest BCUT2D eigenvalue weighted by atomic mass is 9.79. The maximum absolute atomic E-state index is 12.4. The Bertz CT molecular complexity index is 623. The predicted molar refractivity (Wildman–Crippen MR) is 102 cm³/mol. The van der Waals surface area contributed by atoms with Crippen molar-refractivity contribution in [1.29, 1.82) is 0 Å². The quantitative estimate of drug-likeness (QED) is 0.273. The van der Waals surface area contributed by atoms with Crippen LogP contribution in [0.2, 0.25) is 0 Å². The van der Waals surface area contributed by atoms with E-state index in [4.69, 9.17) is 0 Å². The lowest BCUT2D eigenvalue weighted by Crippen LogP contribution is -2.24. The third-order valence-electron chi connectivity index (χ3n) is 4.42. The molecule has 0 bridgehead atoms. The van der Waals surface area contributed by atoms with Gasteiger partial charge in [-0.15, -0.1) is 11.5 Å². The van der Waals surface area contributed by atoms with E-state index in [1.165, 1.54) is 11.6 Å². The van der Waals surface area contributed by atoms with Crippen molar-refractivity contribution < 1.29 is 9.59 Å². The number of nitroso groups, excluding NO2 is 1. The predicted octanol–water partition coefficient (Wildman–Crippen LogP) is 5.60. The summed E-state index contributed by atoms with van der Waals surface area (Å²) in [6, 6.07) is 0. The number of rotatable bonds is 6. The average Bonchev–Trinajstić information content (AvgIpc) is 2.58. The summed E-state index contributed by atoms with van der Waals surface area (Å²) in [6.45, 7) is 9.35. The average molecular weight is 343 g/mol. The van der Waals surface area contributed by atoms with Crippen LogP contribution < -0.4 is 0 Å². The monoisotopic (exact) mass is 343 g/mol. The Morgan fingerprint density at radius 1 is 1.32 bits per heavy atom. The van der Waals surface area contributed by atoms with E-state index in [1.54, 1.807) is 6.08 Å². The van der Waals surface area contributed by atoms with Crippen molar-refractivity contribution in [1.82, 2.24) is 0 Å². The van der Waals surface area contributed by atoms with Gasteiger partial charge in [-0.25, -0.2) is 0 Å². The van der Waals surface area contributed by atoms with Gasteiger partial charge in [-0.3, -0.25) is 9.59 Å². The highest BCUT2D eigenvalue weighted by Crippen LogP contribution is 2.34. The van der Waals surface area contributed by atoms with Crippen molar-refractivity contribution in [2.24, 2.45) is 11.1 Å². The number of nitrogens with zero attached hydrogens (tertiary/aromatic N) is 1. The molecule has 0 aliphatic heterocycles. The van der Waals surface area contributed by atoms with Gasteiger partial charge in [-0.1, -0.05) is 37.5 Å². The number of allylic oxidation sites excluding steroid dienone is 6. The van der Waals surface area contributed by atoms with Crippen LogP contribution in [0.4, 0.5) is 0 Å². The van der Waals surface area contributed by atoms with Crippen molar-refractivity contribution in [3.8, 4) is 0 Å². The molecule has 0 aromatic heterocycles. The van der Waals surface area contributed by atoms with Gasteiger partial charge in [-0.2, -0.15) is 0 Å². The molecule has 0 N–H and O–H groups in total. The molecule has 0 saturated carbocycles. The fourth-order valence-electron chi connectivity index (χ4n) is 3.23. The Labute approximate surface area is 150 Å². The second-order valence-corrected chi connectivity index (χ2v) is 6.59. The first kappa shape index (κ1) is 20.9. The Morgan fingerprint density at radius 3 is 2.56 bits per heavy atom. The smallest absolute Gasteiger partial charge is 0.211 e. The molecular weight excluding hydrogens is 314 g/mol. The van der Waals surface area contributed by atoms with Crippen LogP contribution in [-0.4, -0.2) is 11.6 Å². The van der Waals surface area contributed by atoms with Gasteiger partial charge < -0.3 is 0 Å². The molecule has 2 rings (SSSR count). The highest BCUT2D eigenvalue weighted by atomic mass is 16.3. The topological polar surface area (TPSA) is 63.6 Å². The maximum atomic E-state index is 12.4. The second-order valence-electron chi connectivity index (χ2n) is 6.59. The molecule has 1 atom stereocenters. The van der Waals surface area contributed by atoms with E-state index in [9.17, 15) is 14.5 Å². The summed E-state index contributed by atoms with van der Waals surface area (Å²) in [5.41, 5.74) is 1.79. The van der Waals surface area contributed by atoms with Crippen LogP contribution in [0.3, 0.4) is 0 Å². The number of Topliss-reactive ketones (excluding diaryl/α,β-unsaturated/α-hetero) is 1. The molecule has 25 heavy (non-hydrogen) atoms. The van der Waals surface area contributed by atoms with Gasteiger partial charge in [0.15, 0.2) is 11.5 Å². The zero-order chi connectivity index (χ0) is 18.8. The molecule has 4 nitrogen and oxygen atoms in total. The number of ketones is 2. The molecule has 2 aliphatic carbocycles. The standard InChI is InChI=1S/C18H23NO3.C3H6/c1-3-4-5-8-14-11-15(20)16(17(19-22)18(14)21)13-9-6-7-12(2)10-13;1-3-2/h10-11,13H,3-9H2,1-2H3;3H,1H2,2H3. The molecule has 0 heterocycles. The SMILES string of the molecule is C=CC.CCCCCC1=CC(=O)C(C2C=C(C)CCC2)=C(N=O)C1=O. The Morgan fingerprint density at radius 2 is 2.00 bits per heavy atom. The van der Waals surface area contributed by atoms with E-state index in [0.29, 0.717) is 17.6 Å². The minimum atomic E-state index is -0.350. The Hall–Kier alpha value is -2.10. The van der Waals surface area contributed by atoms with Crippen LogP contribution in [0.1, 0.15) is 65.7 Å². The summed E-state index contributed by atoms with van der Waals surface area (Å²) in [5.74, 6) is -0.708. The molecule has 4 heteroatoms. The van der Waals surface area contributed by atoms with Gasteiger partial charge in [0.05, 0.1) is 0 Å². The molecule has 136 valence electrons. The van der Waals surface area contributed by atoms with Crippen LogP contribution in [-0.2, 0) is 9.59 Å². The molecule has 0 aromatic carbocycles. The van der Waals surface area contributed by atoms with Gasteiger partial charge in [0.25, 0.3) is 0 Å². The number of unbranched alkanes of at least 4 members (excludes halogenated alkanes) is 2. The summed E-state index contributed by atoms with van der Waals surface area (Å²) >= 11 is 0. The lowest BCUT2D eigenvalue weighted by molar-refractivity contribution is -0.116. The molecule has 0 amide bonds. The minimum absolute atomic E-state index is 0.147.